The lowest BCUT2D eigenvalue weighted by Crippen LogP contribution is -2.24. The molecule has 0 amide bonds. The maximum Gasteiger partial charge on any atom is 0.375 e. The summed E-state index contributed by atoms with van der Waals surface area (Å²) in [5, 5.41) is 8.98. The van der Waals surface area contributed by atoms with E-state index in [4.69, 9.17) is 14.6 Å². The van der Waals surface area contributed by atoms with E-state index in [9.17, 15) is 9.59 Å². The lowest BCUT2D eigenvalue weighted by molar-refractivity contribution is -0.162. The van der Waals surface area contributed by atoms with Crippen LogP contribution in [0.5, 0.6) is 5.75 Å². The highest BCUT2D eigenvalue weighted by molar-refractivity contribution is 6.08. The Labute approximate surface area is 140 Å². The summed E-state index contributed by atoms with van der Waals surface area (Å²) in [4.78, 5) is 23.6. The third-order valence-electron chi connectivity index (χ3n) is 3.23. The van der Waals surface area contributed by atoms with E-state index in [0.29, 0.717) is 23.3 Å². The predicted molar refractivity (Wildman–Crippen MR) is 88.9 cm³/mol. The molecule has 0 fully saturated rings. The van der Waals surface area contributed by atoms with Gasteiger partial charge in [-0.3, -0.25) is 4.79 Å². The minimum atomic E-state index is -0.933. The zero-order chi connectivity index (χ0) is 17.5. The highest BCUT2D eigenvalue weighted by atomic mass is 16.7. The molecule has 0 aliphatic rings. The molecule has 1 unspecified atom stereocenters. The van der Waals surface area contributed by atoms with Gasteiger partial charge in [0.05, 0.1) is 0 Å². The van der Waals surface area contributed by atoms with E-state index in [1.807, 2.05) is 6.07 Å². The Morgan fingerprint density at radius 1 is 1.04 bits per heavy atom. The number of aliphatic hydroxyl groups excluding tert-OH is 1. The number of ketones is 1. The molecule has 0 saturated carbocycles. The van der Waals surface area contributed by atoms with Crippen LogP contribution in [0.15, 0.2) is 66.9 Å². The van der Waals surface area contributed by atoms with Crippen LogP contribution in [0.2, 0.25) is 0 Å². The van der Waals surface area contributed by atoms with Crippen molar-refractivity contribution in [1.29, 1.82) is 0 Å². The number of hydrogen-bond donors (Lipinski definition) is 1. The molecule has 24 heavy (non-hydrogen) atoms. The molecule has 0 radical (unpaired) electrons. The van der Waals surface area contributed by atoms with Gasteiger partial charge in [-0.05, 0) is 30.8 Å². The zero-order valence-electron chi connectivity index (χ0n) is 13.3. The standard InChI is InChI=1S/C19H18O5/c1-3-17(24-19(22)13(2)20)23-16-11-9-15(10-12-16)18(21)14-7-5-4-6-8-14/h4-12,17,20H,2-3H2,1H3. The monoisotopic (exact) mass is 326 g/mol. The Hall–Kier alpha value is -3.08. The summed E-state index contributed by atoms with van der Waals surface area (Å²) in [6.07, 6.45) is -0.457. The van der Waals surface area contributed by atoms with Gasteiger partial charge in [-0.1, -0.05) is 37.3 Å². The highest BCUT2D eigenvalue weighted by Crippen LogP contribution is 2.18. The molecule has 2 aromatic carbocycles. The minimum absolute atomic E-state index is 0.0859. The fourth-order valence-corrected chi connectivity index (χ4v) is 1.97. The average Bonchev–Trinajstić information content (AvgIpc) is 2.61. The maximum atomic E-state index is 12.3. The van der Waals surface area contributed by atoms with Crippen molar-refractivity contribution in [2.75, 3.05) is 0 Å². The van der Waals surface area contributed by atoms with Crippen molar-refractivity contribution in [3.8, 4) is 5.75 Å². The van der Waals surface area contributed by atoms with Crippen molar-refractivity contribution in [2.24, 2.45) is 0 Å². The lowest BCUT2D eigenvalue weighted by Gasteiger charge is -2.17. The number of carbonyl (C=O) groups is 2. The first kappa shape index (κ1) is 17.3. The zero-order valence-corrected chi connectivity index (χ0v) is 13.3. The van der Waals surface area contributed by atoms with Crippen LogP contribution < -0.4 is 4.74 Å². The van der Waals surface area contributed by atoms with Gasteiger partial charge in [-0.15, -0.1) is 0 Å². The predicted octanol–water partition coefficient (Wildman–Crippen LogP) is 3.65. The van der Waals surface area contributed by atoms with Crippen LogP contribution in [0.4, 0.5) is 0 Å². The van der Waals surface area contributed by atoms with Crippen LogP contribution in [-0.2, 0) is 9.53 Å². The molecule has 2 aromatic rings. The third-order valence-corrected chi connectivity index (χ3v) is 3.23. The van der Waals surface area contributed by atoms with Crippen molar-refractivity contribution in [1.82, 2.24) is 0 Å². The fourth-order valence-electron chi connectivity index (χ4n) is 1.97. The molecular weight excluding hydrogens is 308 g/mol. The molecule has 124 valence electrons. The smallest absolute Gasteiger partial charge is 0.375 e. The van der Waals surface area contributed by atoms with E-state index in [1.165, 1.54) is 0 Å². The van der Waals surface area contributed by atoms with E-state index in [-0.39, 0.29) is 5.78 Å². The van der Waals surface area contributed by atoms with E-state index >= 15 is 0 Å². The first-order valence-corrected chi connectivity index (χ1v) is 7.46. The van der Waals surface area contributed by atoms with Gasteiger partial charge in [0, 0.05) is 17.5 Å². The molecule has 5 nitrogen and oxygen atoms in total. The van der Waals surface area contributed by atoms with Crippen molar-refractivity contribution >= 4 is 11.8 Å². The molecular formula is C19H18O5. The molecule has 1 atom stereocenters. The van der Waals surface area contributed by atoms with Crippen LogP contribution in [0.1, 0.15) is 29.3 Å². The Morgan fingerprint density at radius 2 is 1.62 bits per heavy atom. The normalized spacial score (nSPS) is 11.4. The topological polar surface area (TPSA) is 72.8 Å². The first-order valence-electron chi connectivity index (χ1n) is 7.46. The fraction of sp³-hybridized carbons (Fsp3) is 0.158. The van der Waals surface area contributed by atoms with Crippen molar-refractivity contribution in [3.05, 3.63) is 78.1 Å². The van der Waals surface area contributed by atoms with E-state index in [0.717, 1.165) is 0 Å². The number of aliphatic hydroxyl groups is 1. The number of ether oxygens (including phenoxy) is 2. The van der Waals surface area contributed by atoms with Crippen LogP contribution >= 0.6 is 0 Å². The molecule has 5 heteroatoms. The Bertz CT molecular complexity index is 719. The van der Waals surface area contributed by atoms with Gasteiger partial charge in [-0.25, -0.2) is 4.79 Å². The molecule has 0 bridgehead atoms. The summed E-state index contributed by atoms with van der Waals surface area (Å²) >= 11 is 0. The first-order chi connectivity index (χ1) is 11.5. The van der Waals surface area contributed by atoms with E-state index < -0.39 is 18.0 Å². The lowest BCUT2D eigenvalue weighted by atomic mass is 10.0. The second-order valence-electron chi connectivity index (χ2n) is 5.03. The Balaban J connectivity index is 2.04. The number of rotatable bonds is 7. The Kier molecular flexibility index (Phi) is 5.73. The van der Waals surface area contributed by atoms with Crippen molar-refractivity contribution in [3.63, 3.8) is 0 Å². The van der Waals surface area contributed by atoms with Crippen LogP contribution in [0.25, 0.3) is 0 Å². The molecule has 0 spiro atoms. The molecule has 0 saturated heterocycles. The molecule has 0 aromatic heterocycles. The Morgan fingerprint density at radius 3 is 2.17 bits per heavy atom. The molecule has 0 heterocycles. The average molecular weight is 326 g/mol. The van der Waals surface area contributed by atoms with Crippen LogP contribution in [0, 0.1) is 0 Å². The van der Waals surface area contributed by atoms with Crippen LogP contribution in [-0.4, -0.2) is 23.1 Å². The summed E-state index contributed by atoms with van der Waals surface area (Å²) in [7, 11) is 0. The van der Waals surface area contributed by atoms with E-state index in [2.05, 4.69) is 6.58 Å². The molecule has 2 rings (SSSR count). The number of carbonyl (C=O) groups excluding carboxylic acids is 2. The molecule has 1 N–H and O–H groups in total. The largest absolute Gasteiger partial charge is 0.502 e. The summed E-state index contributed by atoms with van der Waals surface area (Å²) in [6, 6.07) is 15.5. The van der Waals surface area contributed by atoms with Gasteiger partial charge in [0.15, 0.2) is 11.5 Å². The van der Waals surface area contributed by atoms with Crippen molar-refractivity contribution < 1.29 is 24.2 Å². The quantitative estimate of drug-likeness (QED) is 0.276. The summed E-state index contributed by atoms with van der Waals surface area (Å²) < 4.78 is 10.5. The van der Waals surface area contributed by atoms with E-state index in [1.54, 1.807) is 55.5 Å². The van der Waals surface area contributed by atoms with Gasteiger partial charge in [-0.2, -0.15) is 0 Å². The van der Waals surface area contributed by atoms with Gasteiger partial charge < -0.3 is 14.6 Å². The number of benzene rings is 2. The summed E-state index contributed by atoms with van der Waals surface area (Å²) in [6.45, 7) is 4.87. The highest BCUT2D eigenvalue weighted by Gasteiger charge is 2.16. The maximum absolute atomic E-state index is 12.3. The van der Waals surface area contributed by atoms with Gasteiger partial charge in [0.25, 0.3) is 0 Å². The number of esters is 1. The van der Waals surface area contributed by atoms with Gasteiger partial charge in [0.2, 0.25) is 6.29 Å². The number of hydrogen-bond acceptors (Lipinski definition) is 5. The second kappa shape index (κ2) is 7.97. The van der Waals surface area contributed by atoms with Crippen molar-refractivity contribution in [2.45, 2.75) is 19.6 Å². The second-order valence-corrected chi connectivity index (χ2v) is 5.03. The SMILES string of the molecule is C=C(O)C(=O)OC(CC)Oc1ccc(C(=O)c2ccccc2)cc1. The molecule has 0 aliphatic carbocycles. The third kappa shape index (κ3) is 4.46. The summed E-state index contributed by atoms with van der Waals surface area (Å²) in [5.41, 5.74) is 1.13. The van der Waals surface area contributed by atoms with Gasteiger partial charge in [0.1, 0.15) is 5.75 Å². The minimum Gasteiger partial charge on any atom is -0.502 e. The summed E-state index contributed by atoms with van der Waals surface area (Å²) in [5.74, 6) is -1.25. The van der Waals surface area contributed by atoms with Crippen LogP contribution in [0.3, 0.4) is 0 Å². The molecule has 0 aliphatic heterocycles. The van der Waals surface area contributed by atoms with Gasteiger partial charge >= 0.3 is 5.97 Å².